The van der Waals surface area contributed by atoms with Crippen LogP contribution in [0.15, 0.2) is 24.3 Å². The molecule has 2 atom stereocenters. The monoisotopic (exact) mass is 231 g/mol. The molecule has 0 aliphatic heterocycles. The van der Waals surface area contributed by atoms with Gasteiger partial charge in [-0.3, -0.25) is 0 Å². The molecule has 0 amide bonds. The highest BCUT2D eigenvalue weighted by Gasteiger charge is 2.48. The molecule has 1 aromatic rings. The first kappa shape index (κ1) is 12.6. The predicted octanol–water partition coefficient (Wildman–Crippen LogP) is 3.88. The number of hydrogen-bond donors (Lipinski definition) is 1. The molecule has 0 aromatic heterocycles. The second kappa shape index (κ2) is 4.81. The molecule has 1 aliphatic rings. The fraction of sp³-hybridized carbons (Fsp3) is 0.625. The van der Waals surface area contributed by atoms with Crippen molar-refractivity contribution >= 4 is 0 Å². The summed E-state index contributed by atoms with van der Waals surface area (Å²) >= 11 is 0. The molecule has 2 unspecified atom stereocenters. The summed E-state index contributed by atoms with van der Waals surface area (Å²) in [5.74, 6) is 0.719. The van der Waals surface area contributed by atoms with Crippen LogP contribution < -0.4 is 5.32 Å². The Balaban J connectivity index is 2.06. The van der Waals surface area contributed by atoms with Crippen LogP contribution in [-0.4, -0.2) is 12.6 Å². The van der Waals surface area contributed by atoms with Crippen molar-refractivity contribution in [3.05, 3.63) is 35.4 Å². The first-order valence-electron chi connectivity index (χ1n) is 6.85. The minimum absolute atomic E-state index is 0.392. The Morgan fingerprint density at radius 2 is 2.12 bits per heavy atom. The first-order chi connectivity index (χ1) is 8.05. The van der Waals surface area contributed by atoms with Gasteiger partial charge in [-0.2, -0.15) is 0 Å². The van der Waals surface area contributed by atoms with Gasteiger partial charge in [0.2, 0.25) is 0 Å². The summed E-state index contributed by atoms with van der Waals surface area (Å²) < 4.78 is 0. The van der Waals surface area contributed by atoms with Crippen LogP contribution in [0, 0.1) is 12.3 Å². The Morgan fingerprint density at radius 1 is 1.35 bits per heavy atom. The van der Waals surface area contributed by atoms with Gasteiger partial charge in [-0.15, -0.1) is 0 Å². The Kier molecular flexibility index (Phi) is 3.58. The quantitative estimate of drug-likeness (QED) is 0.829. The Morgan fingerprint density at radius 3 is 2.71 bits per heavy atom. The zero-order chi connectivity index (χ0) is 12.5. The van der Waals surface area contributed by atoms with E-state index in [9.17, 15) is 0 Å². The average molecular weight is 231 g/mol. The lowest BCUT2D eigenvalue weighted by molar-refractivity contribution is 0.0694. The second-order valence-corrected chi connectivity index (χ2v) is 6.03. The van der Waals surface area contributed by atoms with Crippen molar-refractivity contribution in [3.63, 3.8) is 0 Å². The van der Waals surface area contributed by atoms with Crippen molar-refractivity contribution in [1.82, 2.24) is 5.32 Å². The molecule has 0 radical (unpaired) electrons. The van der Waals surface area contributed by atoms with Crippen LogP contribution in [0.3, 0.4) is 0 Å². The van der Waals surface area contributed by atoms with Crippen molar-refractivity contribution in [2.24, 2.45) is 5.41 Å². The van der Waals surface area contributed by atoms with Crippen molar-refractivity contribution in [3.8, 4) is 0 Å². The minimum atomic E-state index is 0.392. The number of benzene rings is 1. The van der Waals surface area contributed by atoms with Crippen molar-refractivity contribution in [2.45, 2.75) is 52.5 Å². The van der Waals surface area contributed by atoms with E-state index in [2.05, 4.69) is 57.3 Å². The number of rotatable bonds is 4. The molecule has 0 bridgehead atoms. The SMILES string of the molecule is CCCNC1CC(c2cccc(C)c2)C1(C)C. The van der Waals surface area contributed by atoms with Crippen LogP contribution in [0.4, 0.5) is 0 Å². The Labute approximate surface area is 106 Å². The molecule has 0 spiro atoms. The van der Waals surface area contributed by atoms with Crippen LogP contribution in [0.25, 0.3) is 0 Å². The van der Waals surface area contributed by atoms with Crippen LogP contribution in [0.5, 0.6) is 0 Å². The van der Waals surface area contributed by atoms with Crippen LogP contribution in [0.2, 0.25) is 0 Å². The number of hydrogen-bond acceptors (Lipinski definition) is 1. The largest absolute Gasteiger partial charge is 0.313 e. The minimum Gasteiger partial charge on any atom is -0.313 e. The zero-order valence-corrected chi connectivity index (χ0v) is 11.6. The van der Waals surface area contributed by atoms with Gasteiger partial charge >= 0.3 is 0 Å². The third-order valence-corrected chi connectivity index (χ3v) is 4.35. The molecule has 17 heavy (non-hydrogen) atoms. The van der Waals surface area contributed by atoms with E-state index in [0.29, 0.717) is 11.5 Å². The predicted molar refractivity (Wildman–Crippen MR) is 74.4 cm³/mol. The lowest BCUT2D eigenvalue weighted by Gasteiger charge is -2.53. The average Bonchev–Trinajstić information content (AvgIpc) is 2.28. The Bertz CT molecular complexity index is 381. The summed E-state index contributed by atoms with van der Waals surface area (Å²) in [4.78, 5) is 0. The van der Waals surface area contributed by atoms with Crippen molar-refractivity contribution in [1.29, 1.82) is 0 Å². The van der Waals surface area contributed by atoms with Gasteiger partial charge in [0, 0.05) is 6.04 Å². The molecule has 2 rings (SSSR count). The maximum atomic E-state index is 3.67. The van der Waals surface area contributed by atoms with Crippen LogP contribution in [-0.2, 0) is 0 Å². The van der Waals surface area contributed by atoms with Crippen LogP contribution in [0.1, 0.15) is 50.7 Å². The molecule has 94 valence electrons. The summed E-state index contributed by atoms with van der Waals surface area (Å²) in [5.41, 5.74) is 3.29. The first-order valence-corrected chi connectivity index (χ1v) is 6.85. The van der Waals surface area contributed by atoms with Gasteiger partial charge < -0.3 is 5.32 Å². The third kappa shape index (κ3) is 2.40. The molecular weight excluding hydrogens is 206 g/mol. The van der Waals surface area contributed by atoms with Gasteiger partial charge in [0.15, 0.2) is 0 Å². The standard InChI is InChI=1S/C16H25N/c1-5-9-17-15-11-14(16(15,3)4)13-8-6-7-12(2)10-13/h6-8,10,14-15,17H,5,9,11H2,1-4H3. The van der Waals surface area contributed by atoms with E-state index in [-0.39, 0.29) is 0 Å². The van der Waals surface area contributed by atoms with Crippen molar-refractivity contribution < 1.29 is 0 Å². The maximum Gasteiger partial charge on any atom is 0.0130 e. The van der Waals surface area contributed by atoms with E-state index in [4.69, 9.17) is 0 Å². The molecule has 1 saturated carbocycles. The van der Waals surface area contributed by atoms with E-state index in [1.54, 1.807) is 0 Å². The molecule has 0 heterocycles. The van der Waals surface area contributed by atoms with Crippen molar-refractivity contribution in [2.75, 3.05) is 6.54 Å². The highest BCUT2D eigenvalue weighted by atomic mass is 15.0. The summed E-state index contributed by atoms with van der Waals surface area (Å²) in [7, 11) is 0. The molecule has 1 heteroatoms. The topological polar surface area (TPSA) is 12.0 Å². The van der Waals surface area contributed by atoms with E-state index in [0.717, 1.165) is 12.5 Å². The highest BCUT2D eigenvalue weighted by molar-refractivity contribution is 5.30. The van der Waals surface area contributed by atoms with E-state index >= 15 is 0 Å². The molecule has 1 nitrogen and oxygen atoms in total. The fourth-order valence-electron chi connectivity index (χ4n) is 3.04. The molecule has 1 N–H and O–H groups in total. The summed E-state index contributed by atoms with van der Waals surface area (Å²) in [6, 6.07) is 9.70. The maximum absolute atomic E-state index is 3.67. The zero-order valence-electron chi connectivity index (χ0n) is 11.6. The fourth-order valence-corrected chi connectivity index (χ4v) is 3.04. The van der Waals surface area contributed by atoms with Gasteiger partial charge in [0.1, 0.15) is 0 Å². The van der Waals surface area contributed by atoms with Gasteiger partial charge in [-0.05, 0) is 43.2 Å². The lowest BCUT2D eigenvalue weighted by atomic mass is 9.56. The highest BCUT2D eigenvalue weighted by Crippen LogP contribution is 2.52. The third-order valence-electron chi connectivity index (χ3n) is 4.35. The normalized spacial score (nSPS) is 26.6. The molecular formula is C16H25N. The molecule has 1 aromatic carbocycles. The van der Waals surface area contributed by atoms with E-state index in [1.165, 1.54) is 24.0 Å². The van der Waals surface area contributed by atoms with Gasteiger partial charge in [0.25, 0.3) is 0 Å². The number of aryl methyl sites for hydroxylation is 1. The van der Waals surface area contributed by atoms with E-state index in [1.807, 2.05) is 0 Å². The smallest absolute Gasteiger partial charge is 0.0130 e. The molecule has 1 aliphatic carbocycles. The molecule has 1 fully saturated rings. The number of nitrogens with one attached hydrogen (secondary N) is 1. The van der Waals surface area contributed by atoms with Gasteiger partial charge in [-0.25, -0.2) is 0 Å². The second-order valence-electron chi connectivity index (χ2n) is 6.03. The van der Waals surface area contributed by atoms with E-state index < -0.39 is 0 Å². The Hall–Kier alpha value is -0.820. The molecule has 0 saturated heterocycles. The summed E-state index contributed by atoms with van der Waals surface area (Å²) in [6.07, 6.45) is 2.51. The summed E-state index contributed by atoms with van der Waals surface area (Å²) in [5, 5.41) is 3.67. The van der Waals surface area contributed by atoms with Gasteiger partial charge in [-0.1, -0.05) is 50.6 Å². The van der Waals surface area contributed by atoms with Gasteiger partial charge in [0.05, 0.1) is 0 Å². The van der Waals surface area contributed by atoms with Crippen LogP contribution >= 0.6 is 0 Å². The lowest BCUT2D eigenvalue weighted by Crippen LogP contribution is -2.55. The summed E-state index contributed by atoms with van der Waals surface area (Å²) in [6.45, 7) is 10.4.